The van der Waals surface area contributed by atoms with Crippen LogP contribution in [0.15, 0.2) is 12.2 Å². The minimum absolute atomic E-state index is 0.130. The molecule has 0 spiro atoms. The van der Waals surface area contributed by atoms with E-state index in [4.69, 9.17) is 9.47 Å². The number of carbonyl (C=O) groups is 2. The lowest BCUT2D eigenvalue weighted by Gasteiger charge is -2.07. The first-order valence-electron chi connectivity index (χ1n) is 3.94. The average molecular weight is 186 g/mol. The minimum Gasteiger partial charge on any atom is -0.460 e. The maximum Gasteiger partial charge on any atom is 0.330 e. The maximum atomic E-state index is 10.9. The molecular formula is C9H14O4. The van der Waals surface area contributed by atoms with E-state index in [0.29, 0.717) is 0 Å². The molecular weight excluding hydrogens is 172 g/mol. The molecule has 0 aliphatic heterocycles. The number of rotatable bonds is 5. The quantitative estimate of drug-likeness (QED) is 0.468. The summed E-state index contributed by atoms with van der Waals surface area (Å²) < 4.78 is 9.60. The van der Waals surface area contributed by atoms with Gasteiger partial charge in [-0.25, -0.2) is 4.79 Å². The van der Waals surface area contributed by atoms with Gasteiger partial charge in [0, 0.05) is 13.2 Å². The first-order valence-corrected chi connectivity index (χ1v) is 3.94. The Morgan fingerprint density at radius 2 is 2.00 bits per heavy atom. The molecule has 1 unspecified atom stereocenters. The van der Waals surface area contributed by atoms with E-state index in [0.717, 1.165) is 6.08 Å². The van der Waals surface area contributed by atoms with Gasteiger partial charge in [-0.05, 0) is 19.9 Å². The van der Waals surface area contributed by atoms with E-state index in [1.165, 1.54) is 20.1 Å². The highest BCUT2D eigenvalue weighted by Gasteiger charge is 2.02. The molecule has 4 nitrogen and oxygen atoms in total. The van der Waals surface area contributed by atoms with Gasteiger partial charge in [-0.15, -0.1) is 0 Å². The molecule has 0 saturated carbocycles. The number of methoxy groups -OCH3 is 1. The lowest BCUT2D eigenvalue weighted by atomic mass is 10.4. The minimum atomic E-state index is -0.529. The molecule has 0 aromatic carbocycles. The third-order valence-electron chi connectivity index (χ3n) is 1.32. The van der Waals surface area contributed by atoms with Gasteiger partial charge < -0.3 is 9.47 Å². The Hall–Kier alpha value is -1.16. The van der Waals surface area contributed by atoms with Crippen molar-refractivity contribution in [2.75, 3.05) is 13.7 Å². The highest BCUT2D eigenvalue weighted by molar-refractivity contribution is 5.94. The van der Waals surface area contributed by atoms with Crippen molar-refractivity contribution in [3.8, 4) is 0 Å². The van der Waals surface area contributed by atoms with Crippen molar-refractivity contribution in [3.63, 3.8) is 0 Å². The number of esters is 1. The molecule has 0 rings (SSSR count). The summed E-state index contributed by atoms with van der Waals surface area (Å²) in [6.07, 6.45) is 2.14. The largest absolute Gasteiger partial charge is 0.460 e. The van der Waals surface area contributed by atoms with E-state index in [-0.39, 0.29) is 18.5 Å². The van der Waals surface area contributed by atoms with Crippen LogP contribution < -0.4 is 0 Å². The number of ether oxygens (including phenoxy) is 2. The fraction of sp³-hybridized carbons (Fsp3) is 0.556. The Morgan fingerprint density at radius 3 is 2.46 bits per heavy atom. The van der Waals surface area contributed by atoms with E-state index in [1.807, 2.05) is 0 Å². The number of hydrogen-bond acceptors (Lipinski definition) is 4. The first kappa shape index (κ1) is 11.8. The standard InChI is InChI=1S/C9H14O4/c1-7(10)4-5-9(11)13-6-8(2)12-3/h4-5,8H,6H2,1-3H3/b5-4+. The third kappa shape index (κ3) is 7.21. The van der Waals surface area contributed by atoms with E-state index < -0.39 is 5.97 Å². The van der Waals surface area contributed by atoms with Gasteiger partial charge in [0.1, 0.15) is 6.61 Å². The second-order valence-electron chi connectivity index (χ2n) is 2.62. The third-order valence-corrected chi connectivity index (χ3v) is 1.32. The Labute approximate surface area is 77.5 Å². The molecule has 0 bridgehead atoms. The Kier molecular flexibility index (Phi) is 5.80. The Bertz CT molecular complexity index is 208. The van der Waals surface area contributed by atoms with Crippen LogP contribution in [0.2, 0.25) is 0 Å². The SMILES string of the molecule is COC(C)COC(=O)/C=C/C(C)=O. The lowest BCUT2D eigenvalue weighted by Crippen LogP contribution is -2.16. The van der Waals surface area contributed by atoms with Crippen molar-refractivity contribution in [2.45, 2.75) is 20.0 Å². The molecule has 74 valence electrons. The molecule has 0 radical (unpaired) electrons. The molecule has 0 saturated heterocycles. The zero-order chi connectivity index (χ0) is 10.3. The smallest absolute Gasteiger partial charge is 0.330 e. The molecule has 4 heteroatoms. The van der Waals surface area contributed by atoms with Crippen LogP contribution >= 0.6 is 0 Å². The monoisotopic (exact) mass is 186 g/mol. The van der Waals surface area contributed by atoms with E-state index in [2.05, 4.69) is 0 Å². The van der Waals surface area contributed by atoms with Crippen molar-refractivity contribution in [1.82, 2.24) is 0 Å². The number of hydrogen-bond donors (Lipinski definition) is 0. The summed E-state index contributed by atoms with van der Waals surface area (Å²) in [5.41, 5.74) is 0. The average Bonchev–Trinajstić information content (AvgIpc) is 2.10. The predicted octanol–water partition coefficient (Wildman–Crippen LogP) is 0.710. The highest BCUT2D eigenvalue weighted by Crippen LogP contribution is 1.90. The number of ketones is 1. The van der Waals surface area contributed by atoms with Crippen LogP contribution in [-0.4, -0.2) is 31.6 Å². The number of carbonyl (C=O) groups excluding carboxylic acids is 2. The van der Waals surface area contributed by atoms with Gasteiger partial charge in [0.05, 0.1) is 6.10 Å². The summed E-state index contributed by atoms with van der Waals surface area (Å²) >= 11 is 0. The second kappa shape index (κ2) is 6.37. The summed E-state index contributed by atoms with van der Waals surface area (Å²) in [6.45, 7) is 3.33. The van der Waals surface area contributed by atoms with Gasteiger partial charge in [-0.1, -0.05) is 0 Å². The van der Waals surface area contributed by atoms with Crippen LogP contribution in [0.25, 0.3) is 0 Å². The van der Waals surface area contributed by atoms with Gasteiger partial charge in [0.15, 0.2) is 5.78 Å². The van der Waals surface area contributed by atoms with Gasteiger partial charge in [0.2, 0.25) is 0 Å². The summed E-state index contributed by atoms with van der Waals surface area (Å²) in [5, 5.41) is 0. The molecule has 0 aromatic rings. The Balaban J connectivity index is 3.69. The summed E-state index contributed by atoms with van der Waals surface area (Å²) in [4.78, 5) is 21.3. The number of allylic oxidation sites excluding steroid dienone is 1. The first-order chi connectivity index (χ1) is 6.06. The van der Waals surface area contributed by atoms with Crippen molar-refractivity contribution >= 4 is 11.8 Å². The van der Waals surface area contributed by atoms with Crippen molar-refractivity contribution in [1.29, 1.82) is 0 Å². The molecule has 1 atom stereocenters. The lowest BCUT2D eigenvalue weighted by molar-refractivity contribution is -0.141. The van der Waals surface area contributed by atoms with Gasteiger partial charge in [-0.2, -0.15) is 0 Å². The van der Waals surface area contributed by atoms with Crippen LogP contribution in [0.3, 0.4) is 0 Å². The summed E-state index contributed by atoms with van der Waals surface area (Å²) in [5.74, 6) is -0.712. The van der Waals surface area contributed by atoms with Crippen molar-refractivity contribution < 1.29 is 19.1 Å². The van der Waals surface area contributed by atoms with Crippen LogP contribution in [-0.2, 0) is 19.1 Å². The van der Waals surface area contributed by atoms with Crippen molar-refractivity contribution in [2.24, 2.45) is 0 Å². The molecule has 0 amide bonds. The Morgan fingerprint density at radius 1 is 1.38 bits per heavy atom. The molecule has 0 heterocycles. The highest BCUT2D eigenvalue weighted by atomic mass is 16.6. The van der Waals surface area contributed by atoms with E-state index in [1.54, 1.807) is 6.92 Å². The molecule has 0 fully saturated rings. The van der Waals surface area contributed by atoms with Gasteiger partial charge >= 0.3 is 5.97 Å². The predicted molar refractivity (Wildman–Crippen MR) is 47.3 cm³/mol. The fourth-order valence-corrected chi connectivity index (χ4v) is 0.501. The summed E-state index contributed by atoms with van der Waals surface area (Å²) in [6, 6.07) is 0. The molecule has 0 aliphatic rings. The van der Waals surface area contributed by atoms with Crippen LogP contribution in [0.4, 0.5) is 0 Å². The zero-order valence-corrected chi connectivity index (χ0v) is 8.07. The van der Waals surface area contributed by atoms with Crippen molar-refractivity contribution in [3.05, 3.63) is 12.2 Å². The van der Waals surface area contributed by atoms with Crippen LogP contribution in [0.5, 0.6) is 0 Å². The molecule has 13 heavy (non-hydrogen) atoms. The summed E-state index contributed by atoms with van der Waals surface area (Å²) in [7, 11) is 1.53. The molecule has 0 N–H and O–H groups in total. The molecule has 0 aliphatic carbocycles. The second-order valence-corrected chi connectivity index (χ2v) is 2.62. The van der Waals surface area contributed by atoms with E-state index in [9.17, 15) is 9.59 Å². The van der Waals surface area contributed by atoms with E-state index >= 15 is 0 Å². The van der Waals surface area contributed by atoms with Gasteiger partial charge in [-0.3, -0.25) is 4.79 Å². The topological polar surface area (TPSA) is 52.6 Å². The van der Waals surface area contributed by atoms with Crippen LogP contribution in [0, 0.1) is 0 Å². The van der Waals surface area contributed by atoms with Crippen LogP contribution in [0.1, 0.15) is 13.8 Å². The normalized spacial score (nSPS) is 12.8. The molecule has 0 aromatic heterocycles. The fourth-order valence-electron chi connectivity index (χ4n) is 0.501. The maximum absolute atomic E-state index is 10.9. The zero-order valence-electron chi connectivity index (χ0n) is 8.07. The van der Waals surface area contributed by atoms with Gasteiger partial charge in [0.25, 0.3) is 0 Å².